The second kappa shape index (κ2) is 4.85. The van der Waals surface area contributed by atoms with Gasteiger partial charge in [0.2, 0.25) is 0 Å². The van der Waals surface area contributed by atoms with Crippen molar-refractivity contribution in [1.82, 2.24) is 0 Å². The van der Waals surface area contributed by atoms with Crippen LogP contribution in [0.25, 0.3) is 0 Å². The summed E-state index contributed by atoms with van der Waals surface area (Å²) in [6.45, 7) is 11.8. The zero-order valence-corrected chi connectivity index (χ0v) is 15.4. The molecular formula is C22H32O. The van der Waals surface area contributed by atoms with Gasteiger partial charge in [-0.2, -0.15) is 0 Å². The van der Waals surface area contributed by atoms with E-state index >= 15 is 0 Å². The molecule has 0 aromatic heterocycles. The second-order valence-corrected chi connectivity index (χ2v) is 9.29. The van der Waals surface area contributed by atoms with Gasteiger partial charge in [-0.05, 0) is 72.8 Å². The highest BCUT2D eigenvalue weighted by Crippen LogP contribution is 2.70. The van der Waals surface area contributed by atoms with E-state index in [2.05, 4.69) is 52.8 Å². The Morgan fingerprint density at radius 3 is 2.61 bits per heavy atom. The lowest BCUT2D eigenvalue weighted by Crippen LogP contribution is -2.53. The second-order valence-electron chi connectivity index (χ2n) is 9.29. The maximum Gasteiger partial charge on any atom is 0.0630 e. The third kappa shape index (κ3) is 1.78. The van der Waals surface area contributed by atoms with Crippen molar-refractivity contribution in [2.24, 2.45) is 28.6 Å². The van der Waals surface area contributed by atoms with Crippen LogP contribution in [0.4, 0.5) is 0 Å². The number of hydrogen-bond donors (Lipinski definition) is 1. The van der Waals surface area contributed by atoms with Gasteiger partial charge in [0.1, 0.15) is 0 Å². The van der Waals surface area contributed by atoms with Crippen molar-refractivity contribution in [3.63, 3.8) is 0 Å². The monoisotopic (exact) mass is 312 g/mol. The molecule has 1 aromatic rings. The van der Waals surface area contributed by atoms with Crippen molar-refractivity contribution in [2.75, 3.05) is 0 Å². The topological polar surface area (TPSA) is 20.2 Å². The fraction of sp³-hybridized carbons (Fsp3) is 0.727. The molecule has 1 nitrogen and oxygen atoms in total. The summed E-state index contributed by atoms with van der Waals surface area (Å²) in [6.07, 6.45) is 4.86. The molecule has 1 heteroatoms. The predicted octanol–water partition coefficient (Wildman–Crippen LogP) is 5.09. The van der Waals surface area contributed by atoms with Crippen LogP contribution < -0.4 is 0 Å². The molecule has 0 radical (unpaired) electrons. The van der Waals surface area contributed by atoms with Gasteiger partial charge in [-0.25, -0.2) is 0 Å². The fourth-order valence-corrected chi connectivity index (χ4v) is 6.94. The van der Waals surface area contributed by atoms with Crippen LogP contribution in [0.2, 0.25) is 0 Å². The molecule has 126 valence electrons. The van der Waals surface area contributed by atoms with E-state index in [0.717, 1.165) is 0 Å². The number of aliphatic hydroxyl groups is 1. The molecule has 0 spiro atoms. The normalized spacial score (nSPS) is 48.5. The molecule has 0 bridgehead atoms. The van der Waals surface area contributed by atoms with E-state index in [0.29, 0.717) is 23.7 Å². The zero-order chi connectivity index (χ0) is 16.6. The first-order valence-corrected chi connectivity index (χ1v) is 9.58. The number of hydrogen-bond acceptors (Lipinski definition) is 1. The van der Waals surface area contributed by atoms with Crippen molar-refractivity contribution >= 4 is 0 Å². The lowest BCUT2D eigenvalue weighted by molar-refractivity contribution is -0.106. The molecule has 0 heterocycles. The number of aryl methyl sites for hydroxylation is 2. The summed E-state index contributed by atoms with van der Waals surface area (Å²) in [5.41, 5.74) is 4.91. The molecule has 0 saturated heterocycles. The van der Waals surface area contributed by atoms with E-state index < -0.39 is 0 Å². The van der Waals surface area contributed by atoms with Gasteiger partial charge in [0.05, 0.1) is 6.10 Å². The summed E-state index contributed by atoms with van der Waals surface area (Å²) >= 11 is 0. The summed E-state index contributed by atoms with van der Waals surface area (Å²) in [7, 11) is 0. The molecule has 23 heavy (non-hydrogen) atoms. The fourth-order valence-electron chi connectivity index (χ4n) is 6.94. The summed E-state index contributed by atoms with van der Waals surface area (Å²) in [6, 6.07) is 7.08. The van der Waals surface area contributed by atoms with Crippen molar-refractivity contribution < 1.29 is 5.11 Å². The highest BCUT2D eigenvalue weighted by molar-refractivity contribution is 5.38. The predicted molar refractivity (Wildman–Crippen MR) is 95.5 cm³/mol. The molecule has 0 aliphatic heterocycles. The average Bonchev–Trinajstić information content (AvgIpc) is 2.67. The number of aliphatic hydroxyl groups excluding tert-OH is 1. The molecule has 4 rings (SSSR count). The van der Waals surface area contributed by atoms with Crippen LogP contribution in [-0.2, 0) is 6.42 Å². The van der Waals surface area contributed by atoms with E-state index in [4.69, 9.17) is 0 Å². The first-order valence-electron chi connectivity index (χ1n) is 9.58. The Bertz CT molecular complexity index is 635. The lowest BCUT2D eigenvalue weighted by atomic mass is 9.47. The summed E-state index contributed by atoms with van der Waals surface area (Å²) in [4.78, 5) is 0. The first kappa shape index (κ1) is 15.7. The van der Waals surface area contributed by atoms with E-state index in [-0.39, 0.29) is 16.9 Å². The maximum absolute atomic E-state index is 11.2. The van der Waals surface area contributed by atoms with Gasteiger partial charge in [0.25, 0.3) is 0 Å². The zero-order valence-electron chi connectivity index (χ0n) is 15.4. The molecule has 0 amide bonds. The Kier molecular flexibility index (Phi) is 3.31. The van der Waals surface area contributed by atoms with Gasteiger partial charge < -0.3 is 5.11 Å². The van der Waals surface area contributed by atoms with Gasteiger partial charge >= 0.3 is 0 Å². The standard InChI is InChI=1S/C22H32O/c1-13-6-8-17-16(12-13)7-9-19-18(17)10-11-21(4)15(3)14(2)20(23)22(19,21)5/h6,8,12,14-15,18-20,23H,7,9-11H2,1-5H3/t14?,15?,18?,19?,20?,21?,22-/m1/s1. The van der Waals surface area contributed by atoms with Crippen molar-refractivity contribution in [3.8, 4) is 0 Å². The van der Waals surface area contributed by atoms with Gasteiger partial charge in [-0.3, -0.25) is 0 Å². The molecule has 3 aliphatic rings. The minimum absolute atomic E-state index is 0.0668. The summed E-state index contributed by atoms with van der Waals surface area (Å²) in [5, 5.41) is 11.2. The van der Waals surface area contributed by atoms with Crippen LogP contribution in [0.1, 0.15) is 69.6 Å². The van der Waals surface area contributed by atoms with Crippen LogP contribution in [0.3, 0.4) is 0 Å². The minimum Gasteiger partial charge on any atom is -0.392 e. The van der Waals surface area contributed by atoms with Crippen LogP contribution in [-0.4, -0.2) is 11.2 Å². The smallest absolute Gasteiger partial charge is 0.0630 e. The molecule has 1 N–H and O–H groups in total. The van der Waals surface area contributed by atoms with Crippen LogP contribution in [0, 0.1) is 35.5 Å². The number of rotatable bonds is 0. The Morgan fingerprint density at radius 1 is 1.13 bits per heavy atom. The third-order valence-electron chi connectivity index (χ3n) is 8.79. The summed E-state index contributed by atoms with van der Waals surface area (Å²) in [5.74, 6) is 2.33. The molecule has 2 saturated carbocycles. The van der Waals surface area contributed by atoms with Gasteiger partial charge in [0.15, 0.2) is 0 Å². The van der Waals surface area contributed by atoms with E-state index in [1.807, 2.05) is 0 Å². The quantitative estimate of drug-likeness (QED) is 0.707. The Morgan fingerprint density at radius 2 is 1.87 bits per heavy atom. The molecule has 2 fully saturated rings. The van der Waals surface area contributed by atoms with Gasteiger partial charge in [0, 0.05) is 5.41 Å². The average molecular weight is 312 g/mol. The van der Waals surface area contributed by atoms with Crippen LogP contribution in [0.5, 0.6) is 0 Å². The number of fused-ring (bicyclic) bond motifs is 5. The molecular weight excluding hydrogens is 280 g/mol. The van der Waals surface area contributed by atoms with Gasteiger partial charge in [-0.1, -0.05) is 51.5 Å². The highest BCUT2D eigenvalue weighted by Gasteiger charge is 2.67. The lowest BCUT2D eigenvalue weighted by Gasteiger charge is -2.58. The van der Waals surface area contributed by atoms with E-state index in [1.165, 1.54) is 31.2 Å². The molecule has 3 aliphatic carbocycles. The molecule has 6 unspecified atom stereocenters. The molecule has 1 aromatic carbocycles. The molecule has 7 atom stereocenters. The third-order valence-corrected chi connectivity index (χ3v) is 8.79. The van der Waals surface area contributed by atoms with Gasteiger partial charge in [-0.15, -0.1) is 0 Å². The van der Waals surface area contributed by atoms with Crippen molar-refractivity contribution in [1.29, 1.82) is 0 Å². The van der Waals surface area contributed by atoms with E-state index in [1.54, 1.807) is 11.1 Å². The maximum atomic E-state index is 11.2. The minimum atomic E-state index is -0.151. The highest BCUT2D eigenvalue weighted by atomic mass is 16.3. The van der Waals surface area contributed by atoms with Crippen molar-refractivity contribution in [3.05, 3.63) is 34.9 Å². The SMILES string of the molecule is Cc1ccc2c(c1)CCC1C2CCC2(C)C(C)C(C)C(O)[C@@]12C. The van der Waals surface area contributed by atoms with Crippen LogP contribution in [0.15, 0.2) is 18.2 Å². The Labute approximate surface area is 141 Å². The van der Waals surface area contributed by atoms with E-state index in [9.17, 15) is 5.11 Å². The van der Waals surface area contributed by atoms with Crippen molar-refractivity contribution in [2.45, 2.75) is 72.3 Å². The Hall–Kier alpha value is -0.820. The largest absolute Gasteiger partial charge is 0.392 e. The summed E-state index contributed by atoms with van der Waals surface area (Å²) < 4.78 is 0. The first-order chi connectivity index (χ1) is 10.8. The number of benzene rings is 1. The van der Waals surface area contributed by atoms with Crippen LogP contribution >= 0.6 is 0 Å². The Balaban J connectivity index is 1.81.